The van der Waals surface area contributed by atoms with Crippen LogP contribution in [0.4, 0.5) is 0 Å². The van der Waals surface area contributed by atoms with E-state index >= 15 is 0 Å². The van der Waals surface area contributed by atoms with Gasteiger partial charge in [0.2, 0.25) is 0 Å². The molecule has 126 valence electrons. The Morgan fingerprint density at radius 3 is 2.15 bits per heavy atom. The smallest absolute Gasteiger partial charge is 0.146 e. The van der Waals surface area contributed by atoms with E-state index in [1.165, 1.54) is 38.3 Å². The van der Waals surface area contributed by atoms with Crippen LogP contribution in [0.3, 0.4) is 0 Å². The van der Waals surface area contributed by atoms with E-state index in [0.717, 1.165) is 11.0 Å². The zero-order chi connectivity index (χ0) is 17.8. The lowest BCUT2D eigenvalue weighted by Gasteiger charge is -2.07. The molecule has 2 heterocycles. The van der Waals surface area contributed by atoms with E-state index in [0.29, 0.717) is 0 Å². The number of rotatable bonds is 1. The summed E-state index contributed by atoms with van der Waals surface area (Å²) in [6, 6.07) is 32.1. The van der Waals surface area contributed by atoms with Gasteiger partial charge in [0.1, 0.15) is 5.65 Å². The van der Waals surface area contributed by atoms with Crippen molar-refractivity contribution in [2.45, 2.75) is 0 Å². The van der Waals surface area contributed by atoms with E-state index in [-0.39, 0.29) is 0 Å². The Labute approximate surface area is 156 Å². The average molecular weight is 344 g/mol. The fraction of sp³-hybridized carbons (Fsp3) is 0. The van der Waals surface area contributed by atoms with Gasteiger partial charge < -0.3 is 0 Å². The van der Waals surface area contributed by atoms with Gasteiger partial charge in [0.05, 0.1) is 11.0 Å². The van der Waals surface area contributed by atoms with Gasteiger partial charge in [0.15, 0.2) is 0 Å². The first-order valence-corrected chi connectivity index (χ1v) is 9.16. The van der Waals surface area contributed by atoms with Crippen LogP contribution in [-0.2, 0) is 0 Å². The largest absolute Gasteiger partial charge is 0.293 e. The van der Waals surface area contributed by atoms with E-state index in [9.17, 15) is 0 Å². The number of para-hydroxylation sites is 1. The molecule has 6 aromatic rings. The third kappa shape index (κ3) is 2.04. The van der Waals surface area contributed by atoms with E-state index in [1.807, 2.05) is 6.20 Å². The number of aromatic nitrogens is 2. The van der Waals surface area contributed by atoms with Crippen LogP contribution in [0.15, 0.2) is 97.2 Å². The molecule has 0 radical (unpaired) electrons. The number of hydrogen-bond donors (Lipinski definition) is 0. The van der Waals surface area contributed by atoms with Gasteiger partial charge in [0, 0.05) is 22.5 Å². The van der Waals surface area contributed by atoms with Crippen LogP contribution < -0.4 is 0 Å². The first kappa shape index (κ1) is 14.5. The number of hydrogen-bond acceptors (Lipinski definition) is 1. The molecular weight excluding hydrogens is 328 g/mol. The second kappa shape index (κ2) is 5.42. The SMILES string of the molecule is c1ccc(-c2c3ccccc3n3c2ncc2cc4ccccc4cc23)cc1. The van der Waals surface area contributed by atoms with E-state index < -0.39 is 0 Å². The lowest BCUT2D eigenvalue weighted by Crippen LogP contribution is -1.92. The Bertz CT molecular complexity index is 1460. The maximum atomic E-state index is 4.89. The van der Waals surface area contributed by atoms with Gasteiger partial charge in [-0.1, -0.05) is 72.8 Å². The summed E-state index contributed by atoms with van der Waals surface area (Å²) in [7, 11) is 0. The maximum Gasteiger partial charge on any atom is 0.146 e. The summed E-state index contributed by atoms with van der Waals surface area (Å²) in [6.45, 7) is 0. The summed E-state index contributed by atoms with van der Waals surface area (Å²) in [6.07, 6.45) is 2.00. The van der Waals surface area contributed by atoms with Crippen molar-refractivity contribution < 1.29 is 0 Å². The third-order valence-electron chi connectivity index (χ3n) is 5.37. The molecule has 0 aliphatic carbocycles. The molecule has 0 amide bonds. The first-order valence-electron chi connectivity index (χ1n) is 9.16. The van der Waals surface area contributed by atoms with Crippen molar-refractivity contribution >= 4 is 38.2 Å². The Kier molecular flexibility index (Phi) is 2.91. The molecular formula is C25H16N2. The van der Waals surface area contributed by atoms with Crippen LogP contribution in [0.25, 0.3) is 49.4 Å². The molecule has 0 bridgehead atoms. The maximum absolute atomic E-state index is 4.89. The molecule has 0 fully saturated rings. The monoisotopic (exact) mass is 344 g/mol. The summed E-state index contributed by atoms with van der Waals surface area (Å²) in [5, 5.41) is 4.88. The Balaban J connectivity index is 1.86. The Morgan fingerprint density at radius 1 is 0.593 bits per heavy atom. The first-order chi connectivity index (χ1) is 13.4. The predicted molar refractivity (Wildman–Crippen MR) is 113 cm³/mol. The zero-order valence-corrected chi connectivity index (χ0v) is 14.6. The van der Waals surface area contributed by atoms with E-state index in [1.54, 1.807) is 0 Å². The summed E-state index contributed by atoms with van der Waals surface area (Å²) >= 11 is 0. The van der Waals surface area contributed by atoms with Gasteiger partial charge in [-0.25, -0.2) is 4.98 Å². The normalized spacial score (nSPS) is 11.7. The summed E-state index contributed by atoms with van der Waals surface area (Å²) in [4.78, 5) is 4.89. The molecule has 0 aliphatic heterocycles. The second-order valence-electron chi connectivity index (χ2n) is 6.93. The molecule has 0 aliphatic rings. The standard InChI is InChI=1S/C25H16N2/c1-2-8-17(9-3-1)24-21-12-6-7-13-22(21)27-23-15-19-11-5-4-10-18(19)14-20(23)16-26-25(24)27/h1-16H. The molecule has 2 heteroatoms. The van der Waals surface area contributed by atoms with Crippen molar-refractivity contribution in [1.29, 1.82) is 0 Å². The highest BCUT2D eigenvalue weighted by Gasteiger charge is 2.16. The second-order valence-corrected chi connectivity index (χ2v) is 6.93. The van der Waals surface area contributed by atoms with Gasteiger partial charge in [-0.3, -0.25) is 4.40 Å². The molecule has 0 atom stereocenters. The van der Waals surface area contributed by atoms with Crippen molar-refractivity contribution in [2.24, 2.45) is 0 Å². The van der Waals surface area contributed by atoms with Crippen molar-refractivity contribution in [2.75, 3.05) is 0 Å². The van der Waals surface area contributed by atoms with Crippen LogP contribution in [0.5, 0.6) is 0 Å². The quantitative estimate of drug-likeness (QED) is 0.313. The summed E-state index contributed by atoms with van der Waals surface area (Å²) in [5.41, 5.74) is 5.78. The minimum Gasteiger partial charge on any atom is -0.293 e. The van der Waals surface area contributed by atoms with Gasteiger partial charge >= 0.3 is 0 Å². The minimum atomic E-state index is 1.00. The minimum absolute atomic E-state index is 1.00. The van der Waals surface area contributed by atoms with Gasteiger partial charge in [-0.05, 0) is 34.5 Å². The van der Waals surface area contributed by atoms with Crippen molar-refractivity contribution in [3.63, 3.8) is 0 Å². The lowest BCUT2D eigenvalue weighted by atomic mass is 10.0. The molecule has 2 aromatic heterocycles. The molecule has 6 rings (SSSR count). The fourth-order valence-corrected chi connectivity index (χ4v) is 4.16. The number of nitrogens with zero attached hydrogens (tertiary/aromatic N) is 2. The predicted octanol–water partition coefficient (Wildman–Crippen LogP) is 6.46. The molecule has 0 spiro atoms. The third-order valence-corrected chi connectivity index (χ3v) is 5.37. The van der Waals surface area contributed by atoms with Crippen molar-refractivity contribution in [1.82, 2.24) is 9.38 Å². The van der Waals surface area contributed by atoms with Crippen LogP contribution in [0.2, 0.25) is 0 Å². The topological polar surface area (TPSA) is 17.3 Å². The highest BCUT2D eigenvalue weighted by atomic mass is 15.0. The molecule has 0 saturated carbocycles. The van der Waals surface area contributed by atoms with Crippen LogP contribution in [-0.4, -0.2) is 9.38 Å². The zero-order valence-electron chi connectivity index (χ0n) is 14.6. The highest BCUT2D eigenvalue weighted by Crippen LogP contribution is 2.36. The summed E-state index contributed by atoms with van der Waals surface area (Å²) in [5.74, 6) is 0. The van der Waals surface area contributed by atoms with Crippen LogP contribution in [0.1, 0.15) is 0 Å². The lowest BCUT2D eigenvalue weighted by molar-refractivity contribution is 1.24. The van der Waals surface area contributed by atoms with Crippen LogP contribution in [0, 0.1) is 0 Å². The Hall–Kier alpha value is -3.65. The van der Waals surface area contributed by atoms with Gasteiger partial charge in [-0.15, -0.1) is 0 Å². The molecule has 4 aromatic carbocycles. The van der Waals surface area contributed by atoms with E-state index in [4.69, 9.17) is 4.98 Å². The number of fused-ring (bicyclic) bond motifs is 6. The average Bonchev–Trinajstić information content (AvgIpc) is 3.08. The molecule has 0 unspecified atom stereocenters. The molecule has 2 nitrogen and oxygen atoms in total. The van der Waals surface area contributed by atoms with Crippen LogP contribution >= 0.6 is 0 Å². The Morgan fingerprint density at radius 2 is 1.30 bits per heavy atom. The highest BCUT2D eigenvalue weighted by molar-refractivity contribution is 6.08. The van der Waals surface area contributed by atoms with E-state index in [2.05, 4.69) is 95.4 Å². The van der Waals surface area contributed by atoms with Crippen molar-refractivity contribution in [3.05, 3.63) is 97.2 Å². The van der Waals surface area contributed by atoms with Crippen molar-refractivity contribution in [3.8, 4) is 11.1 Å². The number of benzene rings is 4. The van der Waals surface area contributed by atoms with Gasteiger partial charge in [0.25, 0.3) is 0 Å². The summed E-state index contributed by atoms with van der Waals surface area (Å²) < 4.78 is 2.30. The van der Waals surface area contributed by atoms with Gasteiger partial charge in [-0.2, -0.15) is 0 Å². The molecule has 0 N–H and O–H groups in total. The fourth-order valence-electron chi connectivity index (χ4n) is 4.16. The molecule has 27 heavy (non-hydrogen) atoms. The molecule has 0 saturated heterocycles.